The van der Waals surface area contributed by atoms with Crippen LogP contribution in [0.25, 0.3) is 0 Å². The van der Waals surface area contributed by atoms with Crippen LogP contribution in [0.4, 0.5) is 0 Å². The highest BCUT2D eigenvalue weighted by atomic mass is 16.1. The molecule has 1 unspecified atom stereocenters. The van der Waals surface area contributed by atoms with E-state index in [4.69, 9.17) is 5.73 Å². The van der Waals surface area contributed by atoms with Crippen LogP contribution in [0.15, 0.2) is 11.6 Å². The molecule has 0 bridgehead atoms. The fraction of sp³-hybridized carbons (Fsp3) is 0.786. The lowest BCUT2D eigenvalue weighted by atomic mass is 9.93. The number of carbonyl (C=O) groups excluding carboxylic acids is 1. The Morgan fingerprint density at radius 1 is 1.31 bits per heavy atom. The maximum Gasteiger partial charge on any atom is 0.160 e. The van der Waals surface area contributed by atoms with Crippen LogP contribution in [0.5, 0.6) is 0 Å². The van der Waals surface area contributed by atoms with Gasteiger partial charge in [0.15, 0.2) is 5.78 Å². The summed E-state index contributed by atoms with van der Waals surface area (Å²) in [6, 6.07) is 0.124. The van der Waals surface area contributed by atoms with E-state index >= 15 is 0 Å². The molecule has 1 fully saturated rings. The van der Waals surface area contributed by atoms with E-state index in [1.54, 1.807) is 0 Å². The molecule has 0 heterocycles. The summed E-state index contributed by atoms with van der Waals surface area (Å²) in [5.74, 6) is 0.958. The van der Waals surface area contributed by atoms with Gasteiger partial charge >= 0.3 is 0 Å². The zero-order valence-corrected chi connectivity index (χ0v) is 10.1. The van der Waals surface area contributed by atoms with Gasteiger partial charge in [-0.1, -0.05) is 18.9 Å². The molecule has 1 atom stereocenters. The molecule has 2 aliphatic carbocycles. The third-order valence-electron chi connectivity index (χ3n) is 3.80. The maximum atomic E-state index is 12.1. The minimum Gasteiger partial charge on any atom is -0.327 e. The quantitative estimate of drug-likeness (QED) is 0.793. The highest BCUT2D eigenvalue weighted by Crippen LogP contribution is 2.33. The summed E-state index contributed by atoms with van der Waals surface area (Å²) in [4.78, 5) is 12.1. The summed E-state index contributed by atoms with van der Waals surface area (Å²) in [7, 11) is 0. The predicted octanol–water partition coefficient (Wildman–Crippen LogP) is 2.96. The van der Waals surface area contributed by atoms with Crippen LogP contribution in [-0.4, -0.2) is 11.8 Å². The normalized spacial score (nSPS) is 24.2. The molecule has 0 aliphatic heterocycles. The fourth-order valence-corrected chi connectivity index (χ4v) is 2.48. The first-order chi connectivity index (χ1) is 7.77. The Morgan fingerprint density at radius 3 is 2.81 bits per heavy atom. The Bertz CT molecular complexity index is 278. The topological polar surface area (TPSA) is 43.1 Å². The average Bonchev–Trinajstić information content (AvgIpc) is 2.99. The van der Waals surface area contributed by atoms with E-state index in [1.165, 1.54) is 38.5 Å². The molecule has 2 N–H and O–H groups in total. The Labute approximate surface area is 98.3 Å². The molecule has 0 spiro atoms. The second-order valence-corrected chi connectivity index (χ2v) is 5.31. The molecule has 16 heavy (non-hydrogen) atoms. The van der Waals surface area contributed by atoms with E-state index in [0.717, 1.165) is 18.4 Å². The van der Waals surface area contributed by atoms with Crippen molar-refractivity contribution in [1.29, 1.82) is 0 Å². The number of ketones is 1. The van der Waals surface area contributed by atoms with E-state index in [-0.39, 0.29) is 6.04 Å². The number of hydrogen-bond donors (Lipinski definition) is 1. The molecular weight excluding hydrogens is 198 g/mol. The molecule has 90 valence electrons. The Morgan fingerprint density at radius 2 is 2.06 bits per heavy atom. The van der Waals surface area contributed by atoms with E-state index in [1.807, 2.05) is 0 Å². The number of rotatable bonds is 4. The smallest absolute Gasteiger partial charge is 0.160 e. The van der Waals surface area contributed by atoms with Crippen molar-refractivity contribution in [3.05, 3.63) is 11.6 Å². The van der Waals surface area contributed by atoms with Gasteiger partial charge in [0.25, 0.3) is 0 Å². The Kier molecular flexibility index (Phi) is 4.16. The zero-order chi connectivity index (χ0) is 11.4. The second kappa shape index (κ2) is 5.62. The van der Waals surface area contributed by atoms with Gasteiger partial charge in [-0.3, -0.25) is 4.79 Å². The molecule has 2 aliphatic rings. The van der Waals surface area contributed by atoms with Gasteiger partial charge in [-0.05, 0) is 50.0 Å². The molecule has 0 amide bonds. The number of carbonyl (C=O) groups is 1. The highest BCUT2D eigenvalue weighted by Gasteiger charge is 2.30. The zero-order valence-electron chi connectivity index (χ0n) is 10.1. The van der Waals surface area contributed by atoms with Crippen molar-refractivity contribution in [2.45, 2.75) is 63.8 Å². The van der Waals surface area contributed by atoms with Gasteiger partial charge in [-0.25, -0.2) is 0 Å². The first-order valence-electron chi connectivity index (χ1n) is 6.75. The van der Waals surface area contributed by atoms with Crippen LogP contribution >= 0.6 is 0 Å². The molecule has 0 aromatic heterocycles. The molecule has 1 saturated carbocycles. The second-order valence-electron chi connectivity index (χ2n) is 5.31. The standard InChI is InChI=1S/C14H23NO/c15-13(11-8-9-11)10-14(16)12-6-4-2-1-3-5-7-12/h6,11,13H,1-5,7-10,15H2. The summed E-state index contributed by atoms with van der Waals surface area (Å²) in [5, 5.41) is 0. The van der Waals surface area contributed by atoms with Crippen molar-refractivity contribution in [3.63, 3.8) is 0 Å². The first-order valence-corrected chi connectivity index (χ1v) is 6.75. The van der Waals surface area contributed by atoms with Gasteiger partial charge in [-0.15, -0.1) is 0 Å². The molecule has 2 heteroatoms. The number of nitrogens with two attached hydrogens (primary N) is 1. The highest BCUT2D eigenvalue weighted by molar-refractivity contribution is 5.95. The molecular formula is C14H23NO. The van der Waals surface area contributed by atoms with Crippen LogP contribution in [0.3, 0.4) is 0 Å². The minimum atomic E-state index is 0.124. The minimum absolute atomic E-state index is 0.124. The van der Waals surface area contributed by atoms with E-state index in [9.17, 15) is 4.79 Å². The Hall–Kier alpha value is -0.630. The Balaban J connectivity index is 1.85. The average molecular weight is 221 g/mol. The van der Waals surface area contributed by atoms with Crippen molar-refractivity contribution in [2.75, 3.05) is 0 Å². The van der Waals surface area contributed by atoms with Crippen LogP contribution in [0.2, 0.25) is 0 Å². The van der Waals surface area contributed by atoms with Gasteiger partial charge in [0.2, 0.25) is 0 Å². The molecule has 0 saturated heterocycles. The number of Topliss-reactive ketones (excluding diaryl/α,β-unsaturated/α-hetero) is 1. The van der Waals surface area contributed by atoms with Crippen LogP contribution in [-0.2, 0) is 4.79 Å². The molecule has 2 nitrogen and oxygen atoms in total. The van der Waals surface area contributed by atoms with Gasteiger partial charge in [0, 0.05) is 12.5 Å². The molecule has 0 aromatic rings. The van der Waals surface area contributed by atoms with E-state index in [0.29, 0.717) is 18.1 Å². The van der Waals surface area contributed by atoms with Crippen molar-refractivity contribution in [3.8, 4) is 0 Å². The molecule has 0 aromatic carbocycles. The third kappa shape index (κ3) is 3.44. The van der Waals surface area contributed by atoms with Crippen molar-refractivity contribution in [2.24, 2.45) is 11.7 Å². The van der Waals surface area contributed by atoms with E-state index in [2.05, 4.69) is 6.08 Å². The van der Waals surface area contributed by atoms with Crippen molar-refractivity contribution < 1.29 is 4.79 Å². The fourth-order valence-electron chi connectivity index (χ4n) is 2.48. The molecule has 0 radical (unpaired) electrons. The van der Waals surface area contributed by atoms with Crippen molar-refractivity contribution >= 4 is 5.78 Å². The lowest BCUT2D eigenvalue weighted by Gasteiger charge is -2.13. The summed E-state index contributed by atoms with van der Waals surface area (Å²) < 4.78 is 0. The number of allylic oxidation sites excluding steroid dienone is 2. The van der Waals surface area contributed by atoms with Gasteiger partial charge < -0.3 is 5.73 Å². The van der Waals surface area contributed by atoms with Gasteiger partial charge in [-0.2, -0.15) is 0 Å². The summed E-state index contributed by atoms with van der Waals surface area (Å²) >= 11 is 0. The summed E-state index contributed by atoms with van der Waals surface area (Å²) in [5.41, 5.74) is 7.07. The van der Waals surface area contributed by atoms with Crippen LogP contribution in [0.1, 0.15) is 57.8 Å². The summed E-state index contributed by atoms with van der Waals surface area (Å²) in [6.45, 7) is 0. The predicted molar refractivity (Wildman–Crippen MR) is 66.1 cm³/mol. The van der Waals surface area contributed by atoms with Gasteiger partial charge in [0.1, 0.15) is 0 Å². The maximum absolute atomic E-state index is 12.1. The largest absolute Gasteiger partial charge is 0.327 e. The van der Waals surface area contributed by atoms with Gasteiger partial charge in [0.05, 0.1) is 0 Å². The van der Waals surface area contributed by atoms with Crippen molar-refractivity contribution in [1.82, 2.24) is 0 Å². The monoisotopic (exact) mass is 221 g/mol. The first kappa shape index (κ1) is 11.8. The lowest BCUT2D eigenvalue weighted by Crippen LogP contribution is -2.26. The molecule has 2 rings (SSSR count). The van der Waals surface area contributed by atoms with E-state index < -0.39 is 0 Å². The summed E-state index contributed by atoms with van der Waals surface area (Å²) in [6.07, 6.45) is 12.3. The van der Waals surface area contributed by atoms with Crippen LogP contribution in [0, 0.1) is 5.92 Å². The lowest BCUT2D eigenvalue weighted by molar-refractivity contribution is -0.116. The SMILES string of the molecule is NC(CC(=O)C1=CCCCCCC1)C1CC1. The third-order valence-corrected chi connectivity index (χ3v) is 3.80. The number of hydrogen-bond acceptors (Lipinski definition) is 2. The van der Waals surface area contributed by atoms with Crippen LogP contribution < -0.4 is 5.73 Å².